The lowest BCUT2D eigenvalue weighted by Gasteiger charge is -2.24. The fourth-order valence-corrected chi connectivity index (χ4v) is 1.74. The molecule has 0 aliphatic rings. The molecule has 9 nitrogen and oxygen atoms in total. The smallest absolute Gasteiger partial charge is 0.326 e. The van der Waals surface area contributed by atoms with Crippen molar-refractivity contribution in [1.82, 2.24) is 14.5 Å². The van der Waals surface area contributed by atoms with Crippen LogP contribution in [0.15, 0.2) is 12.4 Å². The number of esters is 1. The maximum absolute atomic E-state index is 12.2. The summed E-state index contributed by atoms with van der Waals surface area (Å²) in [5.74, 6) is -2.58. The Kier molecular flexibility index (Phi) is 6.00. The summed E-state index contributed by atoms with van der Waals surface area (Å²) < 4.78 is 6.34. The molecular weight excluding hydrogens is 306 g/mol. The van der Waals surface area contributed by atoms with Gasteiger partial charge in [0.15, 0.2) is 12.1 Å². The lowest BCUT2D eigenvalue weighted by molar-refractivity contribution is -0.160. The molecule has 1 N–H and O–H groups in total. The number of aliphatic carboxylic acids is 1. The summed E-state index contributed by atoms with van der Waals surface area (Å²) in [6.45, 7) is 3.54. The highest BCUT2D eigenvalue weighted by Gasteiger charge is 2.24. The van der Waals surface area contributed by atoms with Crippen molar-refractivity contribution in [2.45, 2.75) is 32.9 Å². The van der Waals surface area contributed by atoms with Crippen LogP contribution in [0, 0.1) is 0 Å². The zero-order chi connectivity index (χ0) is 17.6. The van der Waals surface area contributed by atoms with Crippen LogP contribution in [0.4, 0.5) is 0 Å². The summed E-state index contributed by atoms with van der Waals surface area (Å²) >= 11 is 0. The molecule has 0 radical (unpaired) electrons. The van der Waals surface area contributed by atoms with Crippen LogP contribution in [0.1, 0.15) is 31.4 Å². The van der Waals surface area contributed by atoms with Gasteiger partial charge in [-0.25, -0.2) is 4.98 Å². The number of hydrogen-bond acceptors (Lipinski definition) is 6. The Morgan fingerprint density at radius 3 is 2.52 bits per heavy atom. The molecule has 0 aliphatic heterocycles. The third-order valence-corrected chi connectivity index (χ3v) is 2.58. The number of aromatic nitrogens is 2. The fraction of sp³-hybridized carbons (Fsp3) is 0.500. The van der Waals surface area contributed by atoms with E-state index in [0.29, 0.717) is 6.29 Å². The first-order valence-corrected chi connectivity index (χ1v) is 6.80. The Labute approximate surface area is 132 Å². The minimum absolute atomic E-state index is 0.0332. The summed E-state index contributed by atoms with van der Waals surface area (Å²) in [7, 11) is 0. The molecule has 1 aromatic rings. The van der Waals surface area contributed by atoms with Gasteiger partial charge in [-0.3, -0.25) is 19.2 Å². The monoisotopic (exact) mass is 325 g/mol. The van der Waals surface area contributed by atoms with Crippen molar-refractivity contribution in [3.63, 3.8) is 0 Å². The van der Waals surface area contributed by atoms with Crippen LogP contribution < -0.4 is 0 Å². The largest absolute Gasteiger partial charge is 0.480 e. The predicted molar refractivity (Wildman–Crippen MR) is 77.7 cm³/mol. The maximum atomic E-state index is 12.2. The molecule has 9 heteroatoms. The Bertz CT molecular complexity index is 602. The van der Waals surface area contributed by atoms with Gasteiger partial charge in [-0.1, -0.05) is 0 Å². The lowest BCUT2D eigenvalue weighted by atomic mass is 10.2. The van der Waals surface area contributed by atoms with Gasteiger partial charge in [0.2, 0.25) is 5.91 Å². The number of amides is 1. The number of carbonyl (C=O) groups is 4. The lowest BCUT2D eigenvalue weighted by Crippen LogP contribution is -2.43. The molecule has 1 amide bonds. The molecule has 0 aromatic carbocycles. The van der Waals surface area contributed by atoms with Gasteiger partial charge < -0.3 is 19.3 Å². The van der Waals surface area contributed by atoms with E-state index in [0.717, 1.165) is 4.90 Å². The number of rotatable bonds is 7. The van der Waals surface area contributed by atoms with Crippen LogP contribution in [0.5, 0.6) is 0 Å². The minimum Gasteiger partial charge on any atom is -0.480 e. The zero-order valence-corrected chi connectivity index (χ0v) is 13.2. The summed E-state index contributed by atoms with van der Waals surface area (Å²) in [4.78, 5) is 50.2. The van der Waals surface area contributed by atoms with Crippen molar-refractivity contribution < 1.29 is 29.0 Å². The van der Waals surface area contributed by atoms with E-state index in [1.807, 2.05) is 0 Å². The van der Waals surface area contributed by atoms with E-state index in [1.54, 1.807) is 20.8 Å². The van der Waals surface area contributed by atoms with Gasteiger partial charge in [-0.05, 0) is 20.8 Å². The Morgan fingerprint density at radius 1 is 1.35 bits per heavy atom. The standard InChI is InChI=1S/C14H19N3O6/c1-14(2,3)23-13(22)8-17(7-12(20)21)11(19)6-16-5-4-15-10(16)9-18/h4-5,9H,6-8H2,1-3H3,(H,20,21). The van der Waals surface area contributed by atoms with E-state index in [4.69, 9.17) is 9.84 Å². The molecule has 0 unspecified atom stereocenters. The molecule has 0 saturated carbocycles. The van der Waals surface area contributed by atoms with Gasteiger partial charge in [-0.15, -0.1) is 0 Å². The van der Waals surface area contributed by atoms with Crippen molar-refractivity contribution in [3.8, 4) is 0 Å². The Hall–Kier alpha value is -2.71. The van der Waals surface area contributed by atoms with E-state index >= 15 is 0 Å². The number of carbonyl (C=O) groups excluding carboxylic acids is 3. The summed E-state index contributed by atoms with van der Waals surface area (Å²) in [6.07, 6.45) is 3.23. The number of carboxylic acid groups (broad SMARTS) is 1. The van der Waals surface area contributed by atoms with Gasteiger partial charge in [0.1, 0.15) is 25.2 Å². The second-order valence-electron chi connectivity index (χ2n) is 5.76. The molecular formula is C14H19N3O6. The van der Waals surface area contributed by atoms with Gasteiger partial charge in [0, 0.05) is 12.4 Å². The summed E-state index contributed by atoms with van der Waals surface area (Å²) in [5.41, 5.74) is -0.746. The van der Waals surface area contributed by atoms with Crippen LogP contribution in [-0.4, -0.2) is 62.4 Å². The zero-order valence-electron chi connectivity index (χ0n) is 13.2. The number of hydrogen-bond donors (Lipinski definition) is 1. The van der Waals surface area contributed by atoms with E-state index < -0.39 is 36.5 Å². The fourth-order valence-electron chi connectivity index (χ4n) is 1.74. The van der Waals surface area contributed by atoms with Crippen molar-refractivity contribution in [3.05, 3.63) is 18.2 Å². The van der Waals surface area contributed by atoms with E-state index in [2.05, 4.69) is 4.98 Å². The molecule has 0 spiro atoms. The quantitative estimate of drug-likeness (QED) is 0.551. The average molecular weight is 325 g/mol. The molecule has 0 atom stereocenters. The highest BCUT2D eigenvalue weighted by Crippen LogP contribution is 2.08. The molecule has 0 bridgehead atoms. The molecule has 0 saturated heterocycles. The summed E-state index contributed by atoms with van der Waals surface area (Å²) in [5, 5.41) is 8.88. The third kappa shape index (κ3) is 6.29. The third-order valence-electron chi connectivity index (χ3n) is 2.58. The van der Waals surface area contributed by atoms with Gasteiger partial charge in [0.05, 0.1) is 0 Å². The first-order chi connectivity index (χ1) is 10.6. The summed E-state index contributed by atoms with van der Waals surface area (Å²) in [6, 6.07) is 0. The molecule has 0 fully saturated rings. The normalized spacial score (nSPS) is 10.9. The highest BCUT2D eigenvalue weighted by atomic mass is 16.6. The van der Waals surface area contributed by atoms with E-state index in [9.17, 15) is 19.2 Å². The second-order valence-corrected chi connectivity index (χ2v) is 5.76. The van der Waals surface area contributed by atoms with Crippen molar-refractivity contribution >= 4 is 24.1 Å². The number of aldehydes is 1. The van der Waals surface area contributed by atoms with Crippen LogP contribution in [0.3, 0.4) is 0 Å². The first kappa shape index (κ1) is 18.3. The topological polar surface area (TPSA) is 119 Å². The minimum atomic E-state index is -1.26. The second kappa shape index (κ2) is 7.52. The Balaban J connectivity index is 2.80. The van der Waals surface area contributed by atoms with Crippen molar-refractivity contribution in [2.75, 3.05) is 13.1 Å². The maximum Gasteiger partial charge on any atom is 0.326 e. The molecule has 1 aromatic heterocycles. The first-order valence-electron chi connectivity index (χ1n) is 6.80. The molecule has 1 heterocycles. The van der Waals surface area contributed by atoms with Crippen LogP contribution in [-0.2, 0) is 25.7 Å². The molecule has 0 aliphatic carbocycles. The number of imidazole rings is 1. The van der Waals surface area contributed by atoms with Crippen molar-refractivity contribution in [2.24, 2.45) is 0 Å². The molecule has 126 valence electrons. The SMILES string of the molecule is CC(C)(C)OC(=O)CN(CC(=O)O)C(=O)Cn1ccnc1C=O. The van der Waals surface area contributed by atoms with Crippen molar-refractivity contribution in [1.29, 1.82) is 0 Å². The van der Waals surface area contributed by atoms with Crippen LogP contribution in [0.2, 0.25) is 0 Å². The van der Waals surface area contributed by atoms with Crippen LogP contribution in [0.25, 0.3) is 0 Å². The van der Waals surface area contributed by atoms with E-state index in [1.165, 1.54) is 17.0 Å². The average Bonchev–Trinajstić information content (AvgIpc) is 2.82. The Morgan fingerprint density at radius 2 is 2.00 bits per heavy atom. The molecule has 1 rings (SSSR count). The predicted octanol–water partition coefficient (Wildman–Crippen LogP) is -0.0495. The van der Waals surface area contributed by atoms with Gasteiger partial charge in [0.25, 0.3) is 0 Å². The van der Waals surface area contributed by atoms with Crippen LogP contribution >= 0.6 is 0 Å². The number of nitrogens with zero attached hydrogens (tertiary/aromatic N) is 3. The van der Waals surface area contributed by atoms with E-state index in [-0.39, 0.29) is 12.4 Å². The van der Waals surface area contributed by atoms with Gasteiger partial charge >= 0.3 is 11.9 Å². The van der Waals surface area contributed by atoms with Gasteiger partial charge in [-0.2, -0.15) is 0 Å². The highest BCUT2D eigenvalue weighted by molar-refractivity contribution is 5.86. The number of carboxylic acids is 1. The molecule has 23 heavy (non-hydrogen) atoms. The number of ether oxygens (including phenoxy) is 1.